The molecule has 0 bridgehead atoms. The number of Topliss-reactive ketones (excluding diaryl/α,β-unsaturated/α-hetero) is 3. The number of aliphatic hydroxyl groups excluding tert-OH is 1. The number of carbonyl (C=O) groups is 3. The van der Waals surface area contributed by atoms with Crippen molar-refractivity contribution >= 4 is 17.3 Å². The molecule has 3 rings (SSSR count). The van der Waals surface area contributed by atoms with Crippen molar-refractivity contribution in [2.24, 2.45) is 28.6 Å². The zero-order chi connectivity index (χ0) is 25.1. The lowest BCUT2D eigenvalue weighted by Crippen LogP contribution is -2.61. The van der Waals surface area contributed by atoms with Gasteiger partial charge in [-0.1, -0.05) is 25.5 Å². The van der Waals surface area contributed by atoms with E-state index in [1.165, 1.54) is 0 Å². The van der Waals surface area contributed by atoms with Crippen LogP contribution in [0.2, 0.25) is 0 Å². The van der Waals surface area contributed by atoms with E-state index >= 15 is 0 Å². The van der Waals surface area contributed by atoms with Crippen molar-refractivity contribution in [3.05, 3.63) is 23.0 Å². The number of ketones is 3. The van der Waals surface area contributed by atoms with Gasteiger partial charge in [0.05, 0.1) is 22.0 Å². The first-order valence-corrected chi connectivity index (χ1v) is 12.2. The molecule has 0 radical (unpaired) electrons. The van der Waals surface area contributed by atoms with Gasteiger partial charge in [-0.3, -0.25) is 14.4 Å². The van der Waals surface area contributed by atoms with Crippen molar-refractivity contribution in [1.82, 2.24) is 0 Å². The number of allylic oxidation sites excluding steroid dienone is 4. The molecule has 0 aromatic rings. The molecule has 33 heavy (non-hydrogen) atoms. The third-order valence-corrected chi connectivity index (χ3v) is 8.85. The molecule has 2 unspecified atom stereocenters. The average molecular weight is 461 g/mol. The number of rotatable bonds is 5. The molecule has 0 aromatic heterocycles. The molecule has 2 fully saturated rings. The Labute approximate surface area is 197 Å². The van der Waals surface area contributed by atoms with Crippen LogP contribution in [-0.4, -0.2) is 43.9 Å². The Kier molecular flexibility index (Phi) is 6.38. The van der Waals surface area contributed by atoms with Gasteiger partial charge in [-0.2, -0.15) is 0 Å². The molecule has 2 saturated carbocycles. The minimum atomic E-state index is -1.59. The van der Waals surface area contributed by atoms with E-state index < -0.39 is 57.0 Å². The molecule has 1 spiro atoms. The first-order chi connectivity index (χ1) is 15.0. The number of aliphatic hydroxyl groups is 3. The summed E-state index contributed by atoms with van der Waals surface area (Å²) >= 11 is 0. The fourth-order valence-electron chi connectivity index (χ4n) is 6.53. The molecule has 184 valence electrons. The summed E-state index contributed by atoms with van der Waals surface area (Å²) < 4.78 is 0. The summed E-state index contributed by atoms with van der Waals surface area (Å²) in [6.45, 7) is 12.2. The molecule has 6 nitrogen and oxygen atoms in total. The summed E-state index contributed by atoms with van der Waals surface area (Å²) in [6.07, 6.45) is 3.56. The normalized spacial score (nSPS) is 41.8. The highest BCUT2D eigenvalue weighted by Gasteiger charge is 2.68. The Bertz CT molecular complexity index is 934. The number of fused-ring (bicyclic) bond motifs is 1. The SMILES string of the molecule is CCC(C)C(=O)C1=C(O)C2(C[C@H]3[C@H](CC[C@@]3(C)O)[C@](C)(O)C2)C(=O)[C@@](C)(CC=C(C)C)C1=O. The van der Waals surface area contributed by atoms with Crippen LogP contribution in [0.25, 0.3) is 0 Å². The molecule has 0 saturated heterocycles. The second-order valence-corrected chi connectivity index (χ2v) is 11.8. The molecule has 3 N–H and O–H groups in total. The lowest BCUT2D eigenvalue weighted by molar-refractivity contribution is -0.167. The van der Waals surface area contributed by atoms with Crippen LogP contribution in [0.4, 0.5) is 0 Å². The topological polar surface area (TPSA) is 112 Å². The quantitative estimate of drug-likeness (QED) is 0.321. The highest BCUT2D eigenvalue weighted by molar-refractivity contribution is 6.31. The van der Waals surface area contributed by atoms with E-state index in [9.17, 15) is 29.7 Å². The van der Waals surface area contributed by atoms with E-state index in [2.05, 4.69) is 0 Å². The van der Waals surface area contributed by atoms with Gasteiger partial charge in [0.25, 0.3) is 0 Å². The predicted octanol–water partition coefficient (Wildman–Crippen LogP) is 4.24. The second kappa shape index (κ2) is 8.16. The third kappa shape index (κ3) is 3.83. The monoisotopic (exact) mass is 460 g/mol. The minimum Gasteiger partial charge on any atom is -0.510 e. The van der Waals surface area contributed by atoms with Gasteiger partial charge < -0.3 is 15.3 Å². The number of carbonyl (C=O) groups excluding carboxylic acids is 3. The van der Waals surface area contributed by atoms with Crippen LogP contribution < -0.4 is 0 Å². The molecule has 0 amide bonds. The largest absolute Gasteiger partial charge is 0.510 e. The van der Waals surface area contributed by atoms with Gasteiger partial charge in [0.2, 0.25) is 0 Å². The van der Waals surface area contributed by atoms with E-state index in [0.717, 1.165) is 5.57 Å². The minimum absolute atomic E-state index is 0.0725. The number of hydrogen-bond acceptors (Lipinski definition) is 6. The summed E-state index contributed by atoms with van der Waals surface area (Å²) in [5, 5.41) is 34.1. The summed E-state index contributed by atoms with van der Waals surface area (Å²) in [5.74, 6) is -3.22. The van der Waals surface area contributed by atoms with Crippen LogP contribution in [0.1, 0.15) is 87.0 Å². The van der Waals surface area contributed by atoms with E-state index in [4.69, 9.17) is 0 Å². The van der Waals surface area contributed by atoms with Crippen LogP contribution in [0.5, 0.6) is 0 Å². The Morgan fingerprint density at radius 3 is 2.27 bits per heavy atom. The van der Waals surface area contributed by atoms with Crippen LogP contribution in [0.3, 0.4) is 0 Å². The van der Waals surface area contributed by atoms with Crippen molar-refractivity contribution in [1.29, 1.82) is 0 Å². The molecule has 0 aromatic carbocycles. The second-order valence-electron chi connectivity index (χ2n) is 11.8. The van der Waals surface area contributed by atoms with Crippen LogP contribution in [0.15, 0.2) is 23.0 Å². The van der Waals surface area contributed by atoms with Crippen molar-refractivity contribution in [3.8, 4) is 0 Å². The zero-order valence-electron chi connectivity index (χ0n) is 21.1. The highest BCUT2D eigenvalue weighted by atomic mass is 16.3. The Balaban J connectivity index is 2.28. The van der Waals surface area contributed by atoms with Crippen molar-refractivity contribution in [2.45, 2.75) is 98.2 Å². The standard InChI is InChI=1S/C27H40O6/c1-8-16(4)20(28)19-21(29)24(5,11-9-15(2)3)23(31)27(22(19)30)13-18-17(26(7,33)14-27)10-12-25(18,6)32/h9,16-18,30,32-33H,8,10-14H2,1-7H3/t16?,17-,18-,24-,25+,26+,27?/m0/s1. The van der Waals surface area contributed by atoms with Gasteiger partial charge in [0.1, 0.15) is 11.3 Å². The van der Waals surface area contributed by atoms with Gasteiger partial charge in [-0.15, -0.1) is 0 Å². The first kappa shape index (κ1) is 25.8. The maximum Gasteiger partial charge on any atom is 0.183 e. The fourth-order valence-corrected chi connectivity index (χ4v) is 6.53. The molecule has 7 atom stereocenters. The lowest BCUT2D eigenvalue weighted by Gasteiger charge is -2.54. The summed E-state index contributed by atoms with van der Waals surface area (Å²) in [4.78, 5) is 41.2. The van der Waals surface area contributed by atoms with E-state index in [1.807, 2.05) is 26.8 Å². The van der Waals surface area contributed by atoms with Gasteiger partial charge in [-0.05, 0) is 85.0 Å². The summed E-state index contributed by atoms with van der Waals surface area (Å²) in [7, 11) is 0. The van der Waals surface area contributed by atoms with Crippen LogP contribution >= 0.6 is 0 Å². The predicted molar refractivity (Wildman–Crippen MR) is 125 cm³/mol. The first-order valence-electron chi connectivity index (χ1n) is 12.2. The molecule has 3 aliphatic carbocycles. The molecular formula is C27H40O6. The maximum atomic E-state index is 14.2. The van der Waals surface area contributed by atoms with Crippen molar-refractivity contribution < 1.29 is 29.7 Å². The Morgan fingerprint density at radius 2 is 1.73 bits per heavy atom. The summed E-state index contributed by atoms with van der Waals surface area (Å²) in [6, 6.07) is 0. The van der Waals surface area contributed by atoms with E-state index in [0.29, 0.717) is 19.3 Å². The van der Waals surface area contributed by atoms with Gasteiger partial charge in [0.15, 0.2) is 17.3 Å². The molecule has 3 aliphatic rings. The Morgan fingerprint density at radius 1 is 1.12 bits per heavy atom. The Hall–Kier alpha value is -1.79. The van der Waals surface area contributed by atoms with Gasteiger partial charge >= 0.3 is 0 Å². The van der Waals surface area contributed by atoms with Crippen molar-refractivity contribution in [3.63, 3.8) is 0 Å². The smallest absolute Gasteiger partial charge is 0.183 e. The third-order valence-electron chi connectivity index (χ3n) is 8.85. The highest BCUT2D eigenvalue weighted by Crippen LogP contribution is 2.62. The lowest BCUT2D eigenvalue weighted by atomic mass is 9.49. The molecule has 0 heterocycles. The van der Waals surface area contributed by atoms with E-state index in [1.54, 1.807) is 27.7 Å². The molecule has 0 aliphatic heterocycles. The van der Waals surface area contributed by atoms with Crippen LogP contribution in [-0.2, 0) is 14.4 Å². The maximum absolute atomic E-state index is 14.2. The van der Waals surface area contributed by atoms with Gasteiger partial charge in [0, 0.05) is 5.92 Å². The van der Waals surface area contributed by atoms with Crippen LogP contribution in [0, 0.1) is 28.6 Å². The van der Waals surface area contributed by atoms with Gasteiger partial charge in [-0.25, -0.2) is 0 Å². The summed E-state index contributed by atoms with van der Waals surface area (Å²) in [5.41, 5.74) is -4.92. The zero-order valence-corrected chi connectivity index (χ0v) is 21.1. The number of hydrogen-bond donors (Lipinski definition) is 3. The van der Waals surface area contributed by atoms with E-state index in [-0.39, 0.29) is 30.8 Å². The molecule has 6 heteroatoms. The van der Waals surface area contributed by atoms with Crippen molar-refractivity contribution in [2.75, 3.05) is 0 Å². The average Bonchev–Trinajstić information content (AvgIpc) is 3.04. The fraction of sp³-hybridized carbons (Fsp3) is 0.741. The molecular weight excluding hydrogens is 420 g/mol.